The molecule has 0 fully saturated rings. The molecule has 72 valence electrons. The summed E-state index contributed by atoms with van der Waals surface area (Å²) >= 11 is 4.23. The van der Waals surface area contributed by atoms with Crippen LogP contribution in [0.2, 0.25) is 0 Å². The molecule has 14 heavy (non-hydrogen) atoms. The fourth-order valence-corrected chi connectivity index (χ4v) is 1.59. The molecule has 1 N–H and O–H groups in total. The molecule has 0 unspecified atom stereocenters. The summed E-state index contributed by atoms with van der Waals surface area (Å²) in [4.78, 5) is 11.5. The van der Waals surface area contributed by atoms with Crippen LogP contribution in [0.1, 0.15) is 10.4 Å². The number of aromatic nitrogens is 2. The third-order valence-electron chi connectivity index (χ3n) is 1.43. The molecule has 7 heteroatoms. The zero-order valence-corrected chi connectivity index (χ0v) is 9.13. The van der Waals surface area contributed by atoms with Gasteiger partial charge in [-0.25, -0.2) is 0 Å². The Labute approximate surface area is 91.4 Å². The highest BCUT2D eigenvalue weighted by atomic mass is 79.9. The Kier molecular flexibility index (Phi) is 2.60. The molecule has 0 radical (unpaired) electrons. The lowest BCUT2D eigenvalue weighted by Crippen LogP contribution is -2.09. The van der Waals surface area contributed by atoms with Gasteiger partial charge in [-0.3, -0.25) is 4.79 Å². The smallest absolute Gasteiger partial charge is 0.259 e. The van der Waals surface area contributed by atoms with Crippen LogP contribution in [-0.4, -0.2) is 15.5 Å². The standard InChI is InChI=1S/C7H4BrN3O2S/c8-5-1-4(3-13-5)7(12)10-6-2-9-11-14-6/h1-3H,(H,10,12). The number of rotatable bonds is 2. The van der Waals surface area contributed by atoms with Gasteiger partial charge in [-0.05, 0) is 15.9 Å². The van der Waals surface area contributed by atoms with E-state index in [0.717, 1.165) is 11.5 Å². The normalized spacial score (nSPS) is 10.1. The molecule has 2 aromatic rings. The van der Waals surface area contributed by atoms with Gasteiger partial charge in [-0.2, -0.15) is 0 Å². The molecule has 0 bridgehead atoms. The van der Waals surface area contributed by atoms with E-state index >= 15 is 0 Å². The molecule has 0 atom stereocenters. The van der Waals surface area contributed by atoms with Crippen molar-refractivity contribution < 1.29 is 9.21 Å². The van der Waals surface area contributed by atoms with Crippen LogP contribution in [0.4, 0.5) is 5.00 Å². The second kappa shape index (κ2) is 3.89. The largest absolute Gasteiger partial charge is 0.457 e. The number of carbonyl (C=O) groups excluding carboxylic acids is 1. The van der Waals surface area contributed by atoms with Crippen molar-refractivity contribution in [1.29, 1.82) is 0 Å². The van der Waals surface area contributed by atoms with Crippen molar-refractivity contribution in [1.82, 2.24) is 9.59 Å². The van der Waals surface area contributed by atoms with Crippen molar-refractivity contribution >= 4 is 38.4 Å². The first-order chi connectivity index (χ1) is 6.75. The Bertz CT molecular complexity index is 439. The number of furan rings is 1. The first kappa shape index (κ1) is 9.35. The second-order valence-electron chi connectivity index (χ2n) is 2.38. The Morgan fingerprint density at radius 1 is 1.64 bits per heavy atom. The Morgan fingerprint density at radius 3 is 3.07 bits per heavy atom. The predicted molar refractivity (Wildman–Crippen MR) is 54.3 cm³/mol. The minimum atomic E-state index is -0.245. The molecule has 2 heterocycles. The van der Waals surface area contributed by atoms with Crippen LogP contribution in [0.3, 0.4) is 0 Å². The summed E-state index contributed by atoms with van der Waals surface area (Å²) < 4.78 is 9.07. The molecule has 0 aromatic carbocycles. The number of halogens is 1. The SMILES string of the molecule is O=C(Nc1cnns1)c1coc(Br)c1. The molecule has 0 aliphatic heterocycles. The lowest BCUT2D eigenvalue weighted by atomic mass is 10.3. The number of amides is 1. The molecule has 0 saturated heterocycles. The molecule has 0 spiro atoms. The van der Waals surface area contributed by atoms with Crippen LogP contribution in [0.5, 0.6) is 0 Å². The van der Waals surface area contributed by atoms with E-state index in [1.54, 1.807) is 6.07 Å². The number of hydrogen-bond acceptors (Lipinski definition) is 5. The molecular weight excluding hydrogens is 270 g/mol. The summed E-state index contributed by atoms with van der Waals surface area (Å²) in [5.41, 5.74) is 0.449. The van der Waals surface area contributed by atoms with Crippen LogP contribution in [0.25, 0.3) is 0 Å². The van der Waals surface area contributed by atoms with Gasteiger partial charge in [-0.15, -0.1) is 5.10 Å². The van der Waals surface area contributed by atoms with E-state index in [2.05, 4.69) is 30.8 Å². The van der Waals surface area contributed by atoms with Gasteiger partial charge < -0.3 is 9.73 Å². The maximum Gasteiger partial charge on any atom is 0.259 e. The number of anilines is 1. The zero-order chi connectivity index (χ0) is 9.97. The lowest BCUT2D eigenvalue weighted by molar-refractivity contribution is 0.102. The number of hydrogen-bond donors (Lipinski definition) is 1. The number of nitrogens with zero attached hydrogens (tertiary/aromatic N) is 2. The molecule has 0 aliphatic rings. The predicted octanol–water partition coefficient (Wildman–Crippen LogP) is 2.15. The van der Waals surface area contributed by atoms with Gasteiger partial charge in [0.25, 0.3) is 5.91 Å². The highest BCUT2D eigenvalue weighted by molar-refractivity contribution is 9.10. The average molecular weight is 274 g/mol. The topological polar surface area (TPSA) is 68.0 Å². The van der Waals surface area contributed by atoms with Crippen LogP contribution in [-0.2, 0) is 0 Å². The summed E-state index contributed by atoms with van der Waals surface area (Å²) in [5, 5.41) is 6.82. The molecule has 0 aliphatic carbocycles. The van der Waals surface area contributed by atoms with E-state index in [4.69, 9.17) is 4.42 Å². The van der Waals surface area contributed by atoms with Crippen molar-refractivity contribution in [2.75, 3.05) is 5.32 Å². The zero-order valence-electron chi connectivity index (χ0n) is 6.73. The number of carbonyl (C=O) groups is 1. The van der Waals surface area contributed by atoms with Gasteiger partial charge in [0, 0.05) is 17.6 Å². The lowest BCUT2D eigenvalue weighted by Gasteiger charge is -1.95. The summed E-state index contributed by atoms with van der Waals surface area (Å²) in [7, 11) is 0. The van der Waals surface area contributed by atoms with Crippen LogP contribution < -0.4 is 5.32 Å². The van der Waals surface area contributed by atoms with Gasteiger partial charge in [0.2, 0.25) is 0 Å². The maximum atomic E-state index is 11.5. The van der Waals surface area contributed by atoms with E-state index < -0.39 is 0 Å². The van der Waals surface area contributed by atoms with Gasteiger partial charge in [-0.1, -0.05) is 4.49 Å². The molecule has 1 amide bonds. The molecule has 0 saturated carbocycles. The fourth-order valence-electron chi connectivity index (χ4n) is 0.835. The summed E-state index contributed by atoms with van der Waals surface area (Å²) in [5.74, 6) is -0.245. The van der Waals surface area contributed by atoms with Crippen molar-refractivity contribution in [3.63, 3.8) is 0 Å². The molecule has 2 rings (SSSR count). The highest BCUT2D eigenvalue weighted by Gasteiger charge is 2.10. The van der Waals surface area contributed by atoms with E-state index in [1.807, 2.05) is 0 Å². The van der Waals surface area contributed by atoms with Crippen LogP contribution in [0.15, 0.2) is 27.6 Å². The van der Waals surface area contributed by atoms with E-state index in [0.29, 0.717) is 15.2 Å². The summed E-state index contributed by atoms with van der Waals surface area (Å²) in [6, 6.07) is 1.59. The van der Waals surface area contributed by atoms with Gasteiger partial charge in [0.15, 0.2) is 4.67 Å². The summed E-state index contributed by atoms with van der Waals surface area (Å²) in [6.45, 7) is 0. The Hall–Kier alpha value is -1.21. The second-order valence-corrected chi connectivity index (χ2v) is 3.94. The highest BCUT2D eigenvalue weighted by Crippen LogP contribution is 2.16. The van der Waals surface area contributed by atoms with Crippen molar-refractivity contribution in [2.45, 2.75) is 0 Å². The monoisotopic (exact) mass is 273 g/mol. The first-order valence-electron chi connectivity index (χ1n) is 3.58. The average Bonchev–Trinajstić information content (AvgIpc) is 2.75. The third kappa shape index (κ3) is 1.99. The maximum absolute atomic E-state index is 11.5. The fraction of sp³-hybridized carbons (Fsp3) is 0. The number of nitrogens with one attached hydrogen (secondary N) is 1. The Morgan fingerprint density at radius 2 is 2.50 bits per heavy atom. The van der Waals surface area contributed by atoms with E-state index in [9.17, 15) is 4.79 Å². The molecule has 5 nitrogen and oxygen atoms in total. The van der Waals surface area contributed by atoms with E-state index in [1.165, 1.54) is 12.5 Å². The van der Waals surface area contributed by atoms with Crippen LogP contribution in [0, 0.1) is 0 Å². The third-order valence-corrected chi connectivity index (χ3v) is 2.42. The van der Waals surface area contributed by atoms with Gasteiger partial charge in [0.05, 0.1) is 11.8 Å². The first-order valence-corrected chi connectivity index (χ1v) is 5.15. The Balaban J connectivity index is 2.10. The van der Waals surface area contributed by atoms with Crippen LogP contribution >= 0.6 is 27.5 Å². The van der Waals surface area contributed by atoms with E-state index in [-0.39, 0.29) is 5.91 Å². The van der Waals surface area contributed by atoms with Gasteiger partial charge >= 0.3 is 0 Å². The van der Waals surface area contributed by atoms with Crippen molar-refractivity contribution in [2.24, 2.45) is 0 Å². The minimum absolute atomic E-state index is 0.245. The van der Waals surface area contributed by atoms with Crippen molar-refractivity contribution in [3.05, 3.63) is 28.8 Å². The van der Waals surface area contributed by atoms with Crippen molar-refractivity contribution in [3.8, 4) is 0 Å². The molecular formula is C7H4BrN3O2S. The summed E-state index contributed by atoms with van der Waals surface area (Å²) in [6.07, 6.45) is 2.85. The molecule has 2 aromatic heterocycles. The van der Waals surface area contributed by atoms with Gasteiger partial charge in [0.1, 0.15) is 11.3 Å². The minimum Gasteiger partial charge on any atom is -0.457 e. The quantitative estimate of drug-likeness (QED) is 0.911.